The third kappa shape index (κ3) is 10.4. The molecule has 1 atom stereocenters. The van der Waals surface area contributed by atoms with Crippen LogP contribution in [-0.2, 0) is 28.6 Å². The molecule has 0 saturated carbocycles. The van der Waals surface area contributed by atoms with Crippen molar-refractivity contribution >= 4 is 24.1 Å². The van der Waals surface area contributed by atoms with Gasteiger partial charge in [-0.25, -0.2) is 19.4 Å². The average Bonchev–Trinajstić information content (AvgIpc) is 2.47. The summed E-state index contributed by atoms with van der Waals surface area (Å²) >= 11 is 0. The van der Waals surface area contributed by atoms with Gasteiger partial charge in [-0.3, -0.25) is 9.63 Å². The molecule has 0 saturated heterocycles. The summed E-state index contributed by atoms with van der Waals surface area (Å²) in [4.78, 5) is 56.4. The summed E-state index contributed by atoms with van der Waals surface area (Å²) in [5.41, 5.74) is -2.87. The largest absolute Gasteiger partial charge is 0.458 e. The molecule has 0 aromatic carbocycles. The van der Waals surface area contributed by atoms with E-state index >= 15 is 0 Å². The Morgan fingerprint density at radius 1 is 0.733 bits per heavy atom. The molecule has 0 aromatic rings. The molecule has 0 N–H and O–H groups in total. The van der Waals surface area contributed by atoms with Crippen molar-refractivity contribution in [3.05, 3.63) is 0 Å². The van der Waals surface area contributed by atoms with Crippen molar-refractivity contribution in [2.45, 2.75) is 91.6 Å². The Bertz CT molecular complexity index is 613. The van der Waals surface area contributed by atoms with Crippen molar-refractivity contribution < 1.29 is 38.2 Å². The minimum Gasteiger partial charge on any atom is -0.458 e. The zero-order chi connectivity index (χ0) is 24.1. The number of nitrogens with zero attached hydrogens (tertiary/aromatic N) is 2. The number of carbonyl (C=O) groups is 4. The molecule has 10 heteroatoms. The Morgan fingerprint density at radius 3 is 1.40 bits per heavy atom. The number of hydrogen-bond acceptors (Lipinski definition) is 8. The topological polar surface area (TPSA) is 112 Å². The number of esters is 1. The van der Waals surface area contributed by atoms with Gasteiger partial charge in [0, 0.05) is 7.05 Å². The standard InChI is InChI=1S/C20H36N2O8/c1-18(2,3)28-15(24)13(12-14(23)21(10)27-11)22(16(25)29-19(4,5)6)17(26)30-20(7,8)9/h13H,12H2,1-11H3. The van der Waals surface area contributed by atoms with Gasteiger partial charge in [0.05, 0.1) is 13.5 Å². The Kier molecular flexibility index (Phi) is 9.31. The molecule has 10 nitrogen and oxygen atoms in total. The molecule has 0 bridgehead atoms. The maximum absolute atomic E-state index is 12.9. The summed E-state index contributed by atoms with van der Waals surface area (Å²) in [7, 11) is 2.60. The van der Waals surface area contributed by atoms with Crippen molar-refractivity contribution in [1.82, 2.24) is 9.96 Å². The third-order valence-electron chi connectivity index (χ3n) is 3.16. The van der Waals surface area contributed by atoms with Crippen LogP contribution >= 0.6 is 0 Å². The van der Waals surface area contributed by atoms with E-state index in [4.69, 9.17) is 19.0 Å². The van der Waals surface area contributed by atoms with Gasteiger partial charge in [0.15, 0.2) is 6.04 Å². The van der Waals surface area contributed by atoms with Crippen molar-refractivity contribution in [3.63, 3.8) is 0 Å². The van der Waals surface area contributed by atoms with Crippen LogP contribution in [0.3, 0.4) is 0 Å². The van der Waals surface area contributed by atoms with Crippen molar-refractivity contribution in [2.24, 2.45) is 0 Å². The van der Waals surface area contributed by atoms with E-state index < -0.39 is 53.3 Å². The summed E-state index contributed by atoms with van der Waals surface area (Å²) in [6.45, 7) is 14.5. The van der Waals surface area contributed by atoms with Crippen molar-refractivity contribution in [2.75, 3.05) is 14.2 Å². The van der Waals surface area contributed by atoms with Gasteiger partial charge in [0.25, 0.3) is 0 Å². The average molecular weight is 433 g/mol. The highest BCUT2D eigenvalue weighted by molar-refractivity contribution is 5.96. The first-order valence-electron chi connectivity index (χ1n) is 9.56. The highest BCUT2D eigenvalue weighted by Gasteiger charge is 2.43. The number of rotatable bonds is 5. The van der Waals surface area contributed by atoms with E-state index in [1.54, 1.807) is 62.3 Å². The van der Waals surface area contributed by atoms with Crippen molar-refractivity contribution in [1.29, 1.82) is 0 Å². The molecular weight excluding hydrogens is 396 g/mol. The van der Waals surface area contributed by atoms with E-state index in [2.05, 4.69) is 0 Å². The molecule has 0 aliphatic carbocycles. The second-order valence-corrected chi connectivity index (χ2v) is 9.66. The molecule has 0 aliphatic rings. The Balaban J connectivity index is 6.25. The van der Waals surface area contributed by atoms with E-state index in [0.29, 0.717) is 4.90 Å². The monoisotopic (exact) mass is 432 g/mol. The second-order valence-electron chi connectivity index (χ2n) is 9.66. The number of imide groups is 1. The molecule has 0 fully saturated rings. The fourth-order valence-electron chi connectivity index (χ4n) is 2.00. The number of amides is 3. The lowest BCUT2D eigenvalue weighted by molar-refractivity contribution is -0.174. The van der Waals surface area contributed by atoms with Crippen LogP contribution in [0.25, 0.3) is 0 Å². The summed E-state index contributed by atoms with van der Waals surface area (Å²) in [6.07, 6.45) is -2.86. The van der Waals surface area contributed by atoms with Gasteiger partial charge in [0.2, 0.25) is 5.91 Å². The van der Waals surface area contributed by atoms with Crippen LogP contribution in [0, 0.1) is 0 Å². The van der Waals surface area contributed by atoms with E-state index in [9.17, 15) is 19.2 Å². The molecule has 1 unspecified atom stereocenters. The molecule has 0 spiro atoms. The van der Waals surface area contributed by atoms with E-state index in [1.165, 1.54) is 14.2 Å². The highest BCUT2D eigenvalue weighted by Crippen LogP contribution is 2.21. The van der Waals surface area contributed by atoms with E-state index in [-0.39, 0.29) is 0 Å². The summed E-state index contributed by atoms with van der Waals surface area (Å²) in [6, 6.07) is -1.63. The number of hydroxylamine groups is 2. The fourth-order valence-corrected chi connectivity index (χ4v) is 2.00. The molecule has 30 heavy (non-hydrogen) atoms. The fraction of sp³-hybridized carbons (Fsp3) is 0.800. The Labute approximate surface area is 178 Å². The van der Waals surface area contributed by atoms with Crippen LogP contribution in [0.5, 0.6) is 0 Å². The third-order valence-corrected chi connectivity index (χ3v) is 3.16. The highest BCUT2D eigenvalue weighted by atomic mass is 16.7. The molecule has 0 rings (SSSR count). The molecule has 0 aromatic heterocycles. The van der Waals surface area contributed by atoms with Gasteiger partial charge >= 0.3 is 18.2 Å². The summed E-state index contributed by atoms with van der Waals surface area (Å²) in [5, 5.41) is 0.875. The zero-order valence-electron chi connectivity index (χ0n) is 19.9. The first-order valence-corrected chi connectivity index (χ1v) is 9.56. The van der Waals surface area contributed by atoms with Gasteiger partial charge in [0.1, 0.15) is 16.8 Å². The minimum atomic E-state index is -1.63. The smallest absolute Gasteiger partial charge is 0.420 e. The maximum Gasteiger partial charge on any atom is 0.420 e. The molecular formula is C20H36N2O8. The lowest BCUT2D eigenvalue weighted by Crippen LogP contribution is -2.54. The predicted octanol–water partition coefficient (Wildman–Crippen LogP) is 3.28. The summed E-state index contributed by atoms with van der Waals surface area (Å²) < 4.78 is 15.9. The zero-order valence-corrected chi connectivity index (χ0v) is 19.9. The lowest BCUT2D eigenvalue weighted by atomic mass is 10.1. The van der Waals surface area contributed by atoms with E-state index in [1.807, 2.05) is 0 Å². The summed E-state index contributed by atoms with van der Waals surface area (Å²) in [5.74, 6) is -1.62. The molecule has 3 amide bonds. The first-order chi connectivity index (χ1) is 13.3. The maximum atomic E-state index is 12.9. The van der Waals surface area contributed by atoms with Gasteiger partial charge in [-0.2, -0.15) is 4.90 Å². The predicted molar refractivity (Wildman–Crippen MR) is 108 cm³/mol. The van der Waals surface area contributed by atoms with Gasteiger partial charge in [-0.05, 0) is 62.3 Å². The quantitative estimate of drug-likeness (QED) is 0.370. The first kappa shape index (κ1) is 27.6. The van der Waals surface area contributed by atoms with Crippen LogP contribution in [0.2, 0.25) is 0 Å². The van der Waals surface area contributed by atoms with Crippen molar-refractivity contribution in [3.8, 4) is 0 Å². The van der Waals surface area contributed by atoms with Crippen LogP contribution < -0.4 is 0 Å². The Morgan fingerprint density at radius 2 is 1.10 bits per heavy atom. The van der Waals surface area contributed by atoms with Gasteiger partial charge < -0.3 is 14.2 Å². The molecule has 0 radical (unpaired) electrons. The number of ether oxygens (including phenoxy) is 3. The second kappa shape index (κ2) is 10.1. The van der Waals surface area contributed by atoms with E-state index in [0.717, 1.165) is 5.06 Å². The normalized spacial score (nSPS) is 13.2. The van der Waals surface area contributed by atoms with Gasteiger partial charge in [-0.1, -0.05) is 0 Å². The Hall–Kier alpha value is -2.36. The van der Waals surface area contributed by atoms with Crippen LogP contribution in [0.4, 0.5) is 9.59 Å². The minimum absolute atomic E-state index is 0.478. The molecule has 0 heterocycles. The lowest BCUT2D eigenvalue weighted by Gasteiger charge is -2.33. The van der Waals surface area contributed by atoms with Crippen LogP contribution in [0.15, 0.2) is 0 Å². The molecule has 0 aliphatic heterocycles. The van der Waals surface area contributed by atoms with Crippen LogP contribution in [-0.4, -0.2) is 71.0 Å². The van der Waals surface area contributed by atoms with Gasteiger partial charge in [-0.15, -0.1) is 0 Å². The number of hydrogen-bond donors (Lipinski definition) is 0. The SMILES string of the molecule is CON(C)C(=O)CC(C(=O)OC(C)(C)C)N(C(=O)OC(C)(C)C)C(=O)OC(C)(C)C. The van der Waals surface area contributed by atoms with Crippen LogP contribution in [0.1, 0.15) is 68.7 Å². The molecule has 174 valence electrons. The number of carbonyl (C=O) groups excluding carboxylic acids is 4.